The van der Waals surface area contributed by atoms with Crippen molar-refractivity contribution in [1.29, 1.82) is 0 Å². The number of likely N-dealkylation sites (tertiary alicyclic amines) is 1. The summed E-state index contributed by atoms with van der Waals surface area (Å²) in [7, 11) is 0. The average Bonchev–Trinajstić information content (AvgIpc) is 2.91. The van der Waals surface area contributed by atoms with Gasteiger partial charge in [0.25, 0.3) is 5.91 Å². The summed E-state index contributed by atoms with van der Waals surface area (Å²) in [4.78, 5) is 25.8. The number of nitrogens with one attached hydrogen (secondary N) is 1. The second-order valence-electron chi connectivity index (χ2n) is 5.13. The number of piperidine rings is 1. The van der Waals surface area contributed by atoms with Gasteiger partial charge in [-0.1, -0.05) is 0 Å². The van der Waals surface area contributed by atoms with Gasteiger partial charge >= 0.3 is 0 Å². The van der Waals surface area contributed by atoms with Gasteiger partial charge in [0.1, 0.15) is 6.26 Å². The molecule has 1 fully saturated rings. The summed E-state index contributed by atoms with van der Waals surface area (Å²) in [5.41, 5.74) is 5.88. The maximum atomic E-state index is 12.5. The van der Waals surface area contributed by atoms with Crippen LogP contribution < -0.4 is 11.1 Å². The van der Waals surface area contributed by atoms with Crippen molar-refractivity contribution in [2.24, 2.45) is 5.73 Å². The molecule has 124 valence electrons. The molecule has 8 heteroatoms. The molecule has 1 aromatic rings. The zero-order valence-electron chi connectivity index (χ0n) is 12.2. The van der Waals surface area contributed by atoms with Crippen molar-refractivity contribution < 1.29 is 14.0 Å². The SMILES string of the molecule is Cl.NCCC(=O)NCC1CCCCN1C(=O)c1coc(Br)c1. The summed E-state index contributed by atoms with van der Waals surface area (Å²) in [6.07, 6.45) is 4.71. The Morgan fingerprint density at radius 1 is 1.45 bits per heavy atom. The smallest absolute Gasteiger partial charge is 0.257 e. The first-order valence-electron chi connectivity index (χ1n) is 7.13. The van der Waals surface area contributed by atoms with Crippen LogP contribution in [0.15, 0.2) is 21.4 Å². The predicted molar refractivity (Wildman–Crippen MR) is 89.0 cm³/mol. The van der Waals surface area contributed by atoms with Gasteiger partial charge in [-0.3, -0.25) is 9.59 Å². The van der Waals surface area contributed by atoms with Crippen LogP contribution in [0.5, 0.6) is 0 Å². The minimum atomic E-state index is -0.0680. The van der Waals surface area contributed by atoms with E-state index in [0.29, 0.717) is 36.3 Å². The van der Waals surface area contributed by atoms with Crippen LogP contribution in [-0.4, -0.2) is 42.4 Å². The monoisotopic (exact) mass is 393 g/mol. The number of carbonyl (C=O) groups is 2. The number of nitrogens with zero attached hydrogens (tertiary/aromatic N) is 1. The Morgan fingerprint density at radius 3 is 2.86 bits per heavy atom. The van der Waals surface area contributed by atoms with E-state index >= 15 is 0 Å². The molecule has 2 rings (SSSR count). The molecule has 0 bridgehead atoms. The molecule has 1 aromatic heterocycles. The molecule has 0 aromatic carbocycles. The summed E-state index contributed by atoms with van der Waals surface area (Å²) in [6, 6.07) is 1.70. The van der Waals surface area contributed by atoms with Crippen LogP contribution >= 0.6 is 28.3 Å². The molecule has 1 unspecified atom stereocenters. The zero-order chi connectivity index (χ0) is 15.2. The van der Waals surface area contributed by atoms with E-state index in [1.807, 2.05) is 4.90 Å². The van der Waals surface area contributed by atoms with Gasteiger partial charge in [-0.25, -0.2) is 0 Å². The van der Waals surface area contributed by atoms with Crippen molar-refractivity contribution >= 4 is 40.2 Å². The number of carbonyl (C=O) groups excluding carboxylic acids is 2. The van der Waals surface area contributed by atoms with Gasteiger partial charge in [0.15, 0.2) is 4.67 Å². The van der Waals surface area contributed by atoms with Crippen LogP contribution in [0.25, 0.3) is 0 Å². The molecule has 0 saturated carbocycles. The van der Waals surface area contributed by atoms with Crippen molar-refractivity contribution in [3.05, 3.63) is 22.6 Å². The largest absolute Gasteiger partial charge is 0.457 e. The first kappa shape index (κ1) is 19.0. The number of nitrogens with two attached hydrogens (primary N) is 1. The van der Waals surface area contributed by atoms with Crippen LogP contribution in [0, 0.1) is 0 Å². The lowest BCUT2D eigenvalue weighted by molar-refractivity contribution is -0.121. The van der Waals surface area contributed by atoms with E-state index in [2.05, 4.69) is 21.2 Å². The third kappa shape index (κ3) is 5.00. The molecule has 3 N–H and O–H groups in total. The molecule has 0 radical (unpaired) electrons. The van der Waals surface area contributed by atoms with Crippen LogP contribution in [0.3, 0.4) is 0 Å². The highest BCUT2D eigenvalue weighted by molar-refractivity contribution is 9.10. The van der Waals surface area contributed by atoms with E-state index in [1.54, 1.807) is 6.07 Å². The van der Waals surface area contributed by atoms with Crippen molar-refractivity contribution in [1.82, 2.24) is 10.2 Å². The van der Waals surface area contributed by atoms with E-state index in [0.717, 1.165) is 19.3 Å². The molecule has 2 amide bonds. The van der Waals surface area contributed by atoms with Crippen molar-refractivity contribution in [3.8, 4) is 0 Å². The minimum absolute atomic E-state index is 0. The summed E-state index contributed by atoms with van der Waals surface area (Å²) in [5, 5.41) is 2.85. The maximum absolute atomic E-state index is 12.5. The topological polar surface area (TPSA) is 88.6 Å². The second kappa shape index (κ2) is 9.17. The van der Waals surface area contributed by atoms with Gasteiger partial charge in [-0.15, -0.1) is 12.4 Å². The molecule has 2 heterocycles. The standard InChI is InChI=1S/C14H20BrN3O3.ClH/c15-12-7-10(9-21-12)14(20)18-6-2-1-3-11(18)8-17-13(19)4-5-16;/h7,9,11H,1-6,8,16H2,(H,17,19);1H. The van der Waals surface area contributed by atoms with E-state index in [9.17, 15) is 9.59 Å². The van der Waals surface area contributed by atoms with Crippen molar-refractivity contribution in [3.63, 3.8) is 0 Å². The molecule has 0 spiro atoms. The Morgan fingerprint density at radius 2 is 2.23 bits per heavy atom. The quantitative estimate of drug-likeness (QED) is 0.798. The maximum Gasteiger partial charge on any atom is 0.257 e. The number of rotatable bonds is 5. The molecule has 0 aliphatic carbocycles. The molecule has 1 aliphatic heterocycles. The van der Waals surface area contributed by atoms with Gasteiger partial charge in [0.05, 0.1) is 5.56 Å². The highest BCUT2D eigenvalue weighted by Gasteiger charge is 2.28. The van der Waals surface area contributed by atoms with Gasteiger partial charge in [0.2, 0.25) is 5.91 Å². The van der Waals surface area contributed by atoms with Gasteiger partial charge in [-0.05, 0) is 35.2 Å². The lowest BCUT2D eigenvalue weighted by Gasteiger charge is -2.35. The van der Waals surface area contributed by atoms with Crippen LogP contribution in [0.2, 0.25) is 0 Å². The number of furan rings is 1. The Hall–Kier alpha value is -1.05. The van der Waals surface area contributed by atoms with Gasteiger partial charge in [0, 0.05) is 38.2 Å². The van der Waals surface area contributed by atoms with Crippen LogP contribution in [0.4, 0.5) is 0 Å². The number of hydrogen-bond donors (Lipinski definition) is 2. The fourth-order valence-corrected chi connectivity index (χ4v) is 2.86. The summed E-state index contributed by atoms with van der Waals surface area (Å²) in [5.74, 6) is -0.122. The fourth-order valence-electron chi connectivity index (χ4n) is 2.52. The van der Waals surface area contributed by atoms with E-state index in [1.165, 1.54) is 6.26 Å². The summed E-state index contributed by atoms with van der Waals surface area (Å²) in [6.45, 7) is 1.52. The molecule has 1 aliphatic rings. The first-order chi connectivity index (χ1) is 10.1. The Bertz CT molecular complexity index is 509. The molecule has 22 heavy (non-hydrogen) atoms. The molecule has 1 atom stereocenters. The molecular formula is C14H21BrClN3O3. The van der Waals surface area contributed by atoms with E-state index in [-0.39, 0.29) is 30.3 Å². The average molecular weight is 395 g/mol. The molecule has 1 saturated heterocycles. The summed E-state index contributed by atoms with van der Waals surface area (Å²) < 4.78 is 5.67. The second-order valence-corrected chi connectivity index (χ2v) is 5.91. The van der Waals surface area contributed by atoms with Crippen LogP contribution in [0.1, 0.15) is 36.0 Å². The number of halogens is 2. The van der Waals surface area contributed by atoms with E-state index < -0.39 is 0 Å². The third-order valence-corrected chi connectivity index (χ3v) is 4.02. The van der Waals surface area contributed by atoms with E-state index in [4.69, 9.17) is 10.2 Å². The molecular weight excluding hydrogens is 374 g/mol. The Kier molecular flexibility index (Phi) is 7.92. The first-order valence-corrected chi connectivity index (χ1v) is 7.93. The lowest BCUT2D eigenvalue weighted by atomic mass is 10.0. The third-order valence-electron chi connectivity index (χ3n) is 3.61. The van der Waals surface area contributed by atoms with Gasteiger partial charge in [-0.2, -0.15) is 0 Å². The summed E-state index contributed by atoms with van der Waals surface area (Å²) >= 11 is 3.20. The highest BCUT2D eigenvalue weighted by atomic mass is 79.9. The number of amides is 2. The minimum Gasteiger partial charge on any atom is -0.457 e. The Labute approximate surface area is 144 Å². The van der Waals surface area contributed by atoms with Crippen molar-refractivity contribution in [2.45, 2.75) is 31.7 Å². The number of hydrogen-bond acceptors (Lipinski definition) is 4. The van der Waals surface area contributed by atoms with Gasteiger partial charge < -0.3 is 20.4 Å². The predicted octanol–water partition coefficient (Wildman–Crippen LogP) is 1.92. The molecule has 6 nitrogen and oxygen atoms in total. The zero-order valence-corrected chi connectivity index (χ0v) is 14.6. The Balaban J connectivity index is 0.00000242. The highest BCUT2D eigenvalue weighted by Crippen LogP contribution is 2.22. The van der Waals surface area contributed by atoms with Crippen LogP contribution in [-0.2, 0) is 4.79 Å². The fraction of sp³-hybridized carbons (Fsp3) is 0.571. The lowest BCUT2D eigenvalue weighted by Crippen LogP contribution is -2.49. The normalized spacial score (nSPS) is 17.7. The van der Waals surface area contributed by atoms with Crippen molar-refractivity contribution in [2.75, 3.05) is 19.6 Å².